The summed E-state index contributed by atoms with van der Waals surface area (Å²) in [5.41, 5.74) is -0.126. The first kappa shape index (κ1) is 16.8. The maximum absolute atomic E-state index is 12.3. The van der Waals surface area contributed by atoms with Crippen LogP contribution >= 0.6 is 11.6 Å². The molecule has 2 amide bonds. The van der Waals surface area contributed by atoms with Gasteiger partial charge < -0.3 is 10.6 Å². The van der Waals surface area contributed by atoms with E-state index in [0.29, 0.717) is 11.6 Å². The van der Waals surface area contributed by atoms with E-state index in [9.17, 15) is 9.59 Å². The molecule has 1 saturated carbocycles. The lowest BCUT2D eigenvalue weighted by Crippen LogP contribution is -2.49. The second kappa shape index (κ2) is 7.14. The van der Waals surface area contributed by atoms with E-state index in [1.165, 1.54) is 0 Å². The Bertz CT molecular complexity index is 534. The van der Waals surface area contributed by atoms with Crippen molar-refractivity contribution in [2.45, 2.75) is 52.1 Å². The maximum Gasteiger partial charge on any atom is 0.235 e. The largest absolute Gasteiger partial charge is 0.352 e. The molecule has 0 aliphatic heterocycles. The summed E-state index contributed by atoms with van der Waals surface area (Å²) < 4.78 is 0. The highest BCUT2D eigenvalue weighted by Gasteiger charge is 2.37. The minimum Gasteiger partial charge on any atom is -0.352 e. The fraction of sp³-hybridized carbons (Fsp3) is 0.529. The number of hydrogen-bond donors (Lipinski definition) is 2. The van der Waals surface area contributed by atoms with Crippen molar-refractivity contribution in [1.29, 1.82) is 0 Å². The van der Waals surface area contributed by atoms with Crippen LogP contribution in [0.15, 0.2) is 24.3 Å². The number of amides is 2. The predicted molar refractivity (Wildman–Crippen MR) is 87.5 cm³/mol. The van der Waals surface area contributed by atoms with E-state index in [2.05, 4.69) is 10.6 Å². The van der Waals surface area contributed by atoms with Gasteiger partial charge in [0.1, 0.15) is 5.41 Å². The Labute approximate surface area is 136 Å². The standard InChI is InChI=1S/C17H23ClN2O2/c1-17(2,16(22)20-14-5-3-4-6-14)15(21)19-11-12-7-9-13(18)10-8-12/h7-10,14H,3-6,11H2,1-2H3,(H,19,21)(H,20,22). The van der Waals surface area contributed by atoms with Crippen molar-refractivity contribution in [3.63, 3.8) is 0 Å². The average Bonchev–Trinajstić information content (AvgIpc) is 2.99. The molecule has 0 bridgehead atoms. The molecule has 4 nitrogen and oxygen atoms in total. The molecular weight excluding hydrogens is 300 g/mol. The van der Waals surface area contributed by atoms with Crippen LogP contribution in [0.1, 0.15) is 45.1 Å². The number of benzene rings is 1. The molecule has 0 atom stereocenters. The molecule has 0 unspecified atom stereocenters. The number of carbonyl (C=O) groups is 2. The molecule has 5 heteroatoms. The quantitative estimate of drug-likeness (QED) is 0.819. The summed E-state index contributed by atoms with van der Waals surface area (Å²) >= 11 is 5.83. The molecule has 1 aliphatic rings. The van der Waals surface area contributed by atoms with Crippen LogP contribution in [0.3, 0.4) is 0 Å². The Balaban J connectivity index is 1.88. The molecule has 0 spiro atoms. The highest BCUT2D eigenvalue weighted by atomic mass is 35.5. The molecule has 120 valence electrons. The second-order valence-electron chi connectivity index (χ2n) is 6.39. The van der Waals surface area contributed by atoms with Crippen molar-refractivity contribution < 1.29 is 9.59 Å². The maximum atomic E-state index is 12.3. The average molecular weight is 323 g/mol. The van der Waals surface area contributed by atoms with Crippen LogP contribution in [0, 0.1) is 5.41 Å². The van der Waals surface area contributed by atoms with Gasteiger partial charge in [0.2, 0.25) is 11.8 Å². The Morgan fingerprint density at radius 2 is 1.73 bits per heavy atom. The smallest absolute Gasteiger partial charge is 0.235 e. The number of nitrogens with one attached hydrogen (secondary N) is 2. The summed E-state index contributed by atoms with van der Waals surface area (Å²) in [7, 11) is 0. The fourth-order valence-corrected chi connectivity index (χ4v) is 2.67. The van der Waals surface area contributed by atoms with Gasteiger partial charge in [0.25, 0.3) is 0 Å². The van der Waals surface area contributed by atoms with Gasteiger partial charge in [0.05, 0.1) is 0 Å². The van der Waals surface area contributed by atoms with Crippen molar-refractivity contribution in [1.82, 2.24) is 10.6 Å². The molecule has 2 N–H and O–H groups in total. The molecule has 1 aromatic carbocycles. The fourth-order valence-electron chi connectivity index (χ4n) is 2.54. The Morgan fingerprint density at radius 3 is 2.32 bits per heavy atom. The molecule has 1 fully saturated rings. The zero-order valence-electron chi connectivity index (χ0n) is 13.1. The van der Waals surface area contributed by atoms with Gasteiger partial charge in [0, 0.05) is 17.6 Å². The van der Waals surface area contributed by atoms with Crippen LogP contribution < -0.4 is 10.6 Å². The van der Waals surface area contributed by atoms with Gasteiger partial charge in [-0.3, -0.25) is 9.59 Å². The zero-order chi connectivity index (χ0) is 16.2. The molecule has 0 radical (unpaired) electrons. The first-order chi connectivity index (χ1) is 10.4. The topological polar surface area (TPSA) is 58.2 Å². The summed E-state index contributed by atoms with van der Waals surface area (Å²) in [6, 6.07) is 7.49. The minimum absolute atomic E-state index is 0.201. The van der Waals surface area contributed by atoms with E-state index in [4.69, 9.17) is 11.6 Å². The summed E-state index contributed by atoms with van der Waals surface area (Å²) in [6.45, 7) is 3.71. The van der Waals surface area contributed by atoms with Crippen LogP contribution in [0.5, 0.6) is 0 Å². The van der Waals surface area contributed by atoms with Crippen LogP contribution in [0.25, 0.3) is 0 Å². The molecule has 0 saturated heterocycles. The van der Waals surface area contributed by atoms with Gasteiger partial charge in [-0.1, -0.05) is 36.6 Å². The first-order valence-electron chi connectivity index (χ1n) is 7.73. The first-order valence-corrected chi connectivity index (χ1v) is 8.11. The summed E-state index contributed by atoms with van der Waals surface area (Å²) in [4.78, 5) is 24.7. The van der Waals surface area contributed by atoms with Crippen LogP contribution in [0.2, 0.25) is 5.02 Å². The number of carbonyl (C=O) groups excluding carboxylic acids is 2. The molecule has 0 heterocycles. The zero-order valence-corrected chi connectivity index (χ0v) is 13.9. The Kier molecular flexibility index (Phi) is 5.46. The van der Waals surface area contributed by atoms with Gasteiger partial charge in [-0.25, -0.2) is 0 Å². The molecular formula is C17H23ClN2O2. The summed E-state index contributed by atoms with van der Waals surface area (Å²) in [6.07, 6.45) is 4.31. The lowest BCUT2D eigenvalue weighted by Gasteiger charge is -2.25. The third-order valence-electron chi connectivity index (χ3n) is 4.19. The van der Waals surface area contributed by atoms with Gasteiger partial charge in [-0.05, 0) is 44.4 Å². The van der Waals surface area contributed by atoms with E-state index in [1.54, 1.807) is 26.0 Å². The predicted octanol–water partition coefficient (Wildman–Crippen LogP) is 3.04. The van der Waals surface area contributed by atoms with Crippen molar-refractivity contribution in [2.75, 3.05) is 0 Å². The molecule has 22 heavy (non-hydrogen) atoms. The van der Waals surface area contributed by atoms with E-state index in [0.717, 1.165) is 31.2 Å². The van der Waals surface area contributed by atoms with Crippen LogP contribution in [0.4, 0.5) is 0 Å². The van der Waals surface area contributed by atoms with Crippen LogP contribution in [-0.4, -0.2) is 17.9 Å². The summed E-state index contributed by atoms with van der Waals surface area (Å²) in [5.74, 6) is -0.467. The van der Waals surface area contributed by atoms with Crippen LogP contribution in [-0.2, 0) is 16.1 Å². The minimum atomic E-state index is -1.07. The Morgan fingerprint density at radius 1 is 1.14 bits per heavy atom. The van der Waals surface area contributed by atoms with E-state index >= 15 is 0 Å². The summed E-state index contributed by atoms with van der Waals surface area (Å²) in [5, 5.41) is 6.47. The van der Waals surface area contributed by atoms with Crippen molar-refractivity contribution in [3.8, 4) is 0 Å². The second-order valence-corrected chi connectivity index (χ2v) is 6.83. The van der Waals surface area contributed by atoms with Gasteiger partial charge in [-0.2, -0.15) is 0 Å². The molecule has 1 aliphatic carbocycles. The monoisotopic (exact) mass is 322 g/mol. The third kappa shape index (κ3) is 4.23. The number of halogens is 1. The molecule has 2 rings (SSSR count). The van der Waals surface area contributed by atoms with E-state index in [-0.39, 0.29) is 17.9 Å². The third-order valence-corrected chi connectivity index (χ3v) is 4.44. The molecule has 1 aromatic rings. The van der Waals surface area contributed by atoms with E-state index < -0.39 is 5.41 Å². The Hall–Kier alpha value is -1.55. The highest BCUT2D eigenvalue weighted by Crippen LogP contribution is 2.21. The molecule has 0 aromatic heterocycles. The number of hydrogen-bond acceptors (Lipinski definition) is 2. The SMILES string of the molecule is CC(C)(C(=O)NCc1ccc(Cl)cc1)C(=O)NC1CCCC1. The van der Waals surface area contributed by atoms with Crippen molar-refractivity contribution >= 4 is 23.4 Å². The lowest BCUT2D eigenvalue weighted by atomic mass is 9.90. The van der Waals surface area contributed by atoms with E-state index in [1.807, 2.05) is 12.1 Å². The van der Waals surface area contributed by atoms with Crippen molar-refractivity contribution in [2.24, 2.45) is 5.41 Å². The lowest BCUT2D eigenvalue weighted by molar-refractivity contribution is -0.141. The van der Waals surface area contributed by atoms with Gasteiger partial charge in [-0.15, -0.1) is 0 Å². The van der Waals surface area contributed by atoms with Gasteiger partial charge >= 0.3 is 0 Å². The van der Waals surface area contributed by atoms with Crippen molar-refractivity contribution in [3.05, 3.63) is 34.9 Å². The normalized spacial score (nSPS) is 15.6. The number of rotatable bonds is 5. The van der Waals surface area contributed by atoms with Gasteiger partial charge in [0.15, 0.2) is 0 Å². The highest BCUT2D eigenvalue weighted by molar-refractivity contribution is 6.30.